The summed E-state index contributed by atoms with van der Waals surface area (Å²) in [6.45, 7) is 2.00. The van der Waals surface area contributed by atoms with Crippen molar-refractivity contribution in [2.45, 2.75) is 62.6 Å². The lowest BCUT2D eigenvalue weighted by atomic mass is 9.68. The average molecular weight is 238 g/mol. The molecule has 1 atom stereocenters. The molecule has 0 bridgehead atoms. The van der Waals surface area contributed by atoms with Crippen LogP contribution in [0.1, 0.15) is 44.9 Å². The number of carbonyl (C=O) groups is 1. The Morgan fingerprint density at radius 3 is 2.47 bits per heavy atom. The average Bonchev–Trinajstić information content (AvgIpc) is 2.41. The zero-order valence-electron chi connectivity index (χ0n) is 10.3. The highest BCUT2D eigenvalue weighted by Gasteiger charge is 2.61. The van der Waals surface area contributed by atoms with Crippen LogP contribution in [0.15, 0.2) is 0 Å². The van der Waals surface area contributed by atoms with Gasteiger partial charge in [-0.3, -0.25) is 4.79 Å². The van der Waals surface area contributed by atoms with Crippen LogP contribution in [0.4, 0.5) is 0 Å². The Kier molecular flexibility index (Phi) is 2.87. The van der Waals surface area contributed by atoms with Crippen molar-refractivity contribution in [1.29, 1.82) is 0 Å². The minimum absolute atomic E-state index is 0.0150. The maximum absolute atomic E-state index is 12.0. The lowest BCUT2D eigenvalue weighted by Crippen LogP contribution is -2.77. The summed E-state index contributed by atoms with van der Waals surface area (Å²) in [5.41, 5.74) is -0.183. The highest BCUT2D eigenvalue weighted by atomic mass is 16.3. The normalized spacial score (nSPS) is 33.8. The Hall–Kier alpha value is -0.610. The van der Waals surface area contributed by atoms with Crippen LogP contribution in [-0.4, -0.2) is 46.7 Å². The fourth-order valence-corrected chi connectivity index (χ4v) is 3.93. The number of aliphatic hydroxyl groups excluding tert-OH is 1. The third-order valence-corrected chi connectivity index (χ3v) is 4.85. The fraction of sp³-hybridized carbons (Fsp3) is 0.923. The Morgan fingerprint density at radius 1 is 1.18 bits per heavy atom. The summed E-state index contributed by atoms with van der Waals surface area (Å²) in [7, 11) is 0. The largest absolute Gasteiger partial charge is 0.381 e. The van der Waals surface area contributed by atoms with E-state index in [0.717, 1.165) is 51.6 Å². The summed E-state index contributed by atoms with van der Waals surface area (Å²) in [6.07, 6.45) is 6.95. The first-order chi connectivity index (χ1) is 8.26. The van der Waals surface area contributed by atoms with Crippen molar-refractivity contribution in [3.05, 3.63) is 0 Å². The molecule has 0 unspecified atom stereocenters. The first-order valence-corrected chi connectivity index (χ1v) is 6.98. The van der Waals surface area contributed by atoms with Crippen LogP contribution in [0.5, 0.6) is 0 Å². The molecule has 1 saturated carbocycles. The van der Waals surface area contributed by atoms with Gasteiger partial charge in [-0.1, -0.05) is 19.3 Å². The molecule has 0 radical (unpaired) electrons. The first-order valence-electron chi connectivity index (χ1n) is 6.98. The summed E-state index contributed by atoms with van der Waals surface area (Å²) >= 11 is 0. The summed E-state index contributed by atoms with van der Waals surface area (Å²) in [6, 6.07) is 0.366. The number of carbonyl (C=O) groups excluding carboxylic acids is 1. The SMILES string of the molecule is O=C1[C@H](O)C2(CCCCC2)N1C1CCNCC1. The zero-order valence-corrected chi connectivity index (χ0v) is 10.3. The van der Waals surface area contributed by atoms with E-state index in [4.69, 9.17) is 0 Å². The van der Waals surface area contributed by atoms with Crippen molar-refractivity contribution in [2.75, 3.05) is 13.1 Å². The molecule has 4 nitrogen and oxygen atoms in total. The van der Waals surface area contributed by atoms with E-state index in [9.17, 15) is 9.90 Å². The molecule has 1 aliphatic carbocycles. The molecule has 3 aliphatic rings. The molecule has 2 heterocycles. The van der Waals surface area contributed by atoms with E-state index in [1.807, 2.05) is 0 Å². The number of rotatable bonds is 1. The van der Waals surface area contributed by atoms with Crippen molar-refractivity contribution >= 4 is 5.91 Å². The summed E-state index contributed by atoms with van der Waals surface area (Å²) in [4.78, 5) is 14.0. The number of nitrogens with zero attached hydrogens (tertiary/aromatic N) is 1. The number of aliphatic hydroxyl groups is 1. The Balaban J connectivity index is 1.78. The second-order valence-electron chi connectivity index (χ2n) is 5.76. The van der Waals surface area contributed by atoms with Crippen molar-refractivity contribution in [3.63, 3.8) is 0 Å². The van der Waals surface area contributed by atoms with Crippen molar-refractivity contribution < 1.29 is 9.90 Å². The molecule has 3 fully saturated rings. The highest BCUT2D eigenvalue weighted by Crippen LogP contribution is 2.46. The van der Waals surface area contributed by atoms with Gasteiger partial charge < -0.3 is 15.3 Å². The topological polar surface area (TPSA) is 52.6 Å². The van der Waals surface area contributed by atoms with Crippen LogP contribution < -0.4 is 5.32 Å². The van der Waals surface area contributed by atoms with Crippen LogP contribution in [-0.2, 0) is 4.79 Å². The second kappa shape index (κ2) is 4.25. The van der Waals surface area contributed by atoms with Crippen molar-refractivity contribution in [3.8, 4) is 0 Å². The van der Waals surface area contributed by atoms with Crippen LogP contribution in [0.25, 0.3) is 0 Å². The smallest absolute Gasteiger partial charge is 0.254 e. The van der Waals surface area contributed by atoms with E-state index in [1.165, 1.54) is 6.42 Å². The van der Waals surface area contributed by atoms with E-state index < -0.39 is 6.10 Å². The molecule has 3 rings (SSSR count). The molecule has 2 N–H and O–H groups in total. The zero-order chi connectivity index (χ0) is 11.9. The number of nitrogens with one attached hydrogen (secondary N) is 1. The number of hydrogen-bond acceptors (Lipinski definition) is 3. The lowest BCUT2D eigenvalue weighted by molar-refractivity contribution is -0.199. The van der Waals surface area contributed by atoms with E-state index in [-0.39, 0.29) is 11.4 Å². The highest BCUT2D eigenvalue weighted by molar-refractivity contribution is 5.90. The van der Waals surface area contributed by atoms with Crippen LogP contribution in [0.2, 0.25) is 0 Å². The van der Waals surface area contributed by atoms with E-state index >= 15 is 0 Å². The van der Waals surface area contributed by atoms with Gasteiger partial charge in [0, 0.05) is 6.04 Å². The molecule has 0 aromatic carbocycles. The molecule has 1 amide bonds. The standard InChI is InChI=1S/C13H22N2O2/c16-11-12(17)15(10-4-8-14-9-5-10)13(11)6-2-1-3-7-13/h10-11,14,16H,1-9H2/t11-/m0/s1. The number of amides is 1. The van der Waals surface area contributed by atoms with Crippen LogP contribution in [0.3, 0.4) is 0 Å². The quantitative estimate of drug-likeness (QED) is 0.659. The second-order valence-corrected chi connectivity index (χ2v) is 5.76. The van der Waals surface area contributed by atoms with Gasteiger partial charge in [0.05, 0.1) is 5.54 Å². The van der Waals surface area contributed by atoms with Gasteiger partial charge in [-0.05, 0) is 38.8 Å². The van der Waals surface area contributed by atoms with Gasteiger partial charge in [0.1, 0.15) is 0 Å². The maximum Gasteiger partial charge on any atom is 0.254 e. The molecule has 1 spiro atoms. The van der Waals surface area contributed by atoms with E-state index in [1.54, 1.807) is 0 Å². The minimum atomic E-state index is -0.710. The van der Waals surface area contributed by atoms with Crippen LogP contribution >= 0.6 is 0 Å². The van der Waals surface area contributed by atoms with Gasteiger partial charge in [0.2, 0.25) is 0 Å². The Labute approximate surface area is 102 Å². The van der Waals surface area contributed by atoms with E-state index in [2.05, 4.69) is 10.2 Å². The Bertz CT molecular complexity index is 307. The van der Waals surface area contributed by atoms with Gasteiger partial charge in [-0.2, -0.15) is 0 Å². The van der Waals surface area contributed by atoms with Gasteiger partial charge in [0.25, 0.3) is 5.91 Å². The maximum atomic E-state index is 12.0. The number of hydrogen-bond donors (Lipinski definition) is 2. The number of β-lactam (4-membered cyclic amide) rings is 1. The van der Waals surface area contributed by atoms with Crippen LogP contribution in [0, 0.1) is 0 Å². The molecule has 4 heteroatoms. The molecule has 2 saturated heterocycles. The fourth-order valence-electron chi connectivity index (χ4n) is 3.93. The number of piperidine rings is 1. The molecule has 2 aliphatic heterocycles. The van der Waals surface area contributed by atoms with Gasteiger partial charge in [-0.25, -0.2) is 0 Å². The molecule has 0 aromatic rings. The summed E-state index contributed by atoms with van der Waals surface area (Å²) < 4.78 is 0. The third kappa shape index (κ3) is 1.61. The summed E-state index contributed by atoms with van der Waals surface area (Å²) in [5.74, 6) is -0.0150. The molecular formula is C13H22N2O2. The molecular weight excluding hydrogens is 216 g/mol. The third-order valence-electron chi connectivity index (χ3n) is 4.85. The molecule has 96 valence electrons. The lowest BCUT2D eigenvalue weighted by Gasteiger charge is -2.60. The van der Waals surface area contributed by atoms with E-state index in [0.29, 0.717) is 6.04 Å². The van der Waals surface area contributed by atoms with Crippen molar-refractivity contribution in [2.24, 2.45) is 0 Å². The van der Waals surface area contributed by atoms with Crippen molar-refractivity contribution in [1.82, 2.24) is 10.2 Å². The summed E-state index contributed by atoms with van der Waals surface area (Å²) in [5, 5.41) is 13.4. The predicted molar refractivity (Wildman–Crippen MR) is 64.6 cm³/mol. The molecule has 0 aromatic heterocycles. The molecule has 17 heavy (non-hydrogen) atoms. The predicted octanol–water partition coefficient (Wildman–Crippen LogP) is 0.644. The monoisotopic (exact) mass is 238 g/mol. The Morgan fingerprint density at radius 2 is 1.82 bits per heavy atom. The van der Waals surface area contributed by atoms with Gasteiger partial charge in [-0.15, -0.1) is 0 Å². The first kappa shape index (κ1) is 11.5. The minimum Gasteiger partial charge on any atom is -0.381 e. The van der Waals surface area contributed by atoms with Gasteiger partial charge >= 0.3 is 0 Å². The van der Waals surface area contributed by atoms with Gasteiger partial charge in [0.15, 0.2) is 6.10 Å². The number of likely N-dealkylation sites (tertiary alicyclic amines) is 1.